The average Bonchev–Trinajstić information content (AvgIpc) is 3.25. The van der Waals surface area contributed by atoms with Gasteiger partial charge in [-0.15, -0.1) is 11.3 Å². The van der Waals surface area contributed by atoms with Gasteiger partial charge in [-0.25, -0.2) is 19.4 Å². The Kier molecular flexibility index (Phi) is 4.85. The smallest absolute Gasteiger partial charge is 0.319 e. The van der Waals surface area contributed by atoms with E-state index in [9.17, 15) is 4.79 Å². The molecule has 8 heteroatoms. The summed E-state index contributed by atoms with van der Waals surface area (Å²) in [5.74, 6) is 0.869. The van der Waals surface area contributed by atoms with E-state index < -0.39 is 0 Å². The quantitative estimate of drug-likeness (QED) is 0.746. The molecule has 0 saturated heterocycles. The highest BCUT2D eigenvalue weighted by Crippen LogP contribution is 2.20. The molecule has 3 aromatic heterocycles. The van der Waals surface area contributed by atoms with Gasteiger partial charge in [0, 0.05) is 35.9 Å². The lowest BCUT2D eigenvalue weighted by Crippen LogP contribution is -2.31. The van der Waals surface area contributed by atoms with E-state index in [1.807, 2.05) is 32.3 Å². The zero-order chi connectivity index (χ0) is 16.9. The molecule has 3 rings (SSSR count). The fourth-order valence-electron chi connectivity index (χ4n) is 2.11. The van der Waals surface area contributed by atoms with E-state index in [-0.39, 0.29) is 11.9 Å². The molecule has 0 saturated carbocycles. The standard InChI is InChI=1S/C16H18N6OS/c1-11(15-18-9-12(2)24-15)8-19-16(23)21-13-4-5-14(17-10-13)22-7-3-6-20-22/h3-7,9-11H,8H2,1-2H3,(H2,19,21,23)/t11-/m0/s1. The number of hydrogen-bond donors (Lipinski definition) is 2. The number of carbonyl (C=O) groups excluding carboxylic acids is 1. The molecule has 3 heterocycles. The van der Waals surface area contributed by atoms with Crippen LogP contribution in [0.4, 0.5) is 10.5 Å². The van der Waals surface area contributed by atoms with E-state index in [1.54, 1.807) is 40.5 Å². The van der Waals surface area contributed by atoms with Crippen LogP contribution in [0.25, 0.3) is 5.82 Å². The van der Waals surface area contributed by atoms with Crippen LogP contribution in [-0.4, -0.2) is 32.3 Å². The number of thiazole rings is 1. The summed E-state index contributed by atoms with van der Waals surface area (Å²) in [5.41, 5.74) is 0.626. The zero-order valence-corrected chi connectivity index (χ0v) is 14.2. The highest BCUT2D eigenvalue weighted by molar-refractivity contribution is 7.11. The van der Waals surface area contributed by atoms with Crippen molar-refractivity contribution in [2.75, 3.05) is 11.9 Å². The molecule has 3 aromatic rings. The van der Waals surface area contributed by atoms with E-state index in [0.717, 1.165) is 5.01 Å². The molecule has 0 aliphatic carbocycles. The first-order valence-electron chi connectivity index (χ1n) is 7.55. The summed E-state index contributed by atoms with van der Waals surface area (Å²) >= 11 is 1.65. The second-order valence-electron chi connectivity index (χ2n) is 5.40. The molecule has 0 aliphatic rings. The number of nitrogens with one attached hydrogen (secondary N) is 2. The number of pyridine rings is 1. The summed E-state index contributed by atoms with van der Waals surface area (Å²) in [6.45, 7) is 4.59. The average molecular weight is 342 g/mol. The lowest BCUT2D eigenvalue weighted by molar-refractivity contribution is 0.251. The maximum Gasteiger partial charge on any atom is 0.319 e. The van der Waals surface area contributed by atoms with Gasteiger partial charge in [-0.3, -0.25) is 0 Å². The molecule has 0 unspecified atom stereocenters. The normalized spacial score (nSPS) is 11.9. The molecule has 0 spiro atoms. The molecular weight excluding hydrogens is 324 g/mol. The first-order valence-corrected chi connectivity index (χ1v) is 8.37. The van der Waals surface area contributed by atoms with Crippen molar-refractivity contribution in [2.24, 2.45) is 0 Å². The molecule has 124 valence electrons. The van der Waals surface area contributed by atoms with Crippen molar-refractivity contribution in [2.45, 2.75) is 19.8 Å². The SMILES string of the molecule is Cc1cnc([C@@H](C)CNC(=O)Nc2ccc(-n3cccn3)nc2)s1. The number of amides is 2. The molecule has 0 radical (unpaired) electrons. The summed E-state index contributed by atoms with van der Waals surface area (Å²) in [7, 11) is 0. The van der Waals surface area contributed by atoms with E-state index in [2.05, 4.69) is 25.7 Å². The fraction of sp³-hybridized carbons (Fsp3) is 0.250. The Hall–Kier alpha value is -2.74. The number of rotatable bonds is 5. The number of anilines is 1. The second kappa shape index (κ2) is 7.22. The second-order valence-corrected chi connectivity index (χ2v) is 6.67. The van der Waals surface area contributed by atoms with Crippen LogP contribution in [0.1, 0.15) is 22.7 Å². The largest absolute Gasteiger partial charge is 0.337 e. The van der Waals surface area contributed by atoms with Gasteiger partial charge in [0.2, 0.25) is 0 Å². The minimum Gasteiger partial charge on any atom is -0.337 e. The number of urea groups is 1. The van der Waals surface area contributed by atoms with Crippen molar-refractivity contribution in [3.05, 3.63) is 52.9 Å². The van der Waals surface area contributed by atoms with Crippen molar-refractivity contribution in [1.82, 2.24) is 25.1 Å². The Morgan fingerprint density at radius 3 is 2.83 bits per heavy atom. The molecule has 0 fully saturated rings. The van der Waals surface area contributed by atoms with Crippen molar-refractivity contribution >= 4 is 23.1 Å². The summed E-state index contributed by atoms with van der Waals surface area (Å²) in [6.07, 6.45) is 6.95. The van der Waals surface area contributed by atoms with Crippen LogP contribution in [0.15, 0.2) is 43.0 Å². The Morgan fingerprint density at radius 1 is 1.33 bits per heavy atom. The van der Waals surface area contributed by atoms with Crippen LogP contribution in [0.3, 0.4) is 0 Å². The van der Waals surface area contributed by atoms with Crippen LogP contribution in [0, 0.1) is 6.92 Å². The van der Waals surface area contributed by atoms with Crippen molar-refractivity contribution < 1.29 is 4.79 Å². The van der Waals surface area contributed by atoms with Crippen LogP contribution in [0.5, 0.6) is 0 Å². The number of nitrogens with zero attached hydrogens (tertiary/aromatic N) is 4. The van der Waals surface area contributed by atoms with Crippen molar-refractivity contribution in [3.63, 3.8) is 0 Å². The van der Waals surface area contributed by atoms with Gasteiger partial charge in [-0.2, -0.15) is 5.10 Å². The van der Waals surface area contributed by atoms with Gasteiger partial charge < -0.3 is 10.6 Å². The third-order valence-electron chi connectivity index (χ3n) is 3.37. The maximum absolute atomic E-state index is 12.0. The molecule has 0 bridgehead atoms. The molecule has 2 N–H and O–H groups in total. The zero-order valence-electron chi connectivity index (χ0n) is 13.4. The lowest BCUT2D eigenvalue weighted by Gasteiger charge is -2.11. The topological polar surface area (TPSA) is 84.7 Å². The number of aryl methyl sites for hydroxylation is 1. The molecule has 24 heavy (non-hydrogen) atoms. The number of hydrogen-bond acceptors (Lipinski definition) is 5. The fourth-order valence-corrected chi connectivity index (χ4v) is 2.93. The summed E-state index contributed by atoms with van der Waals surface area (Å²) < 4.78 is 1.65. The predicted octanol–water partition coefficient (Wildman–Crippen LogP) is 2.96. The lowest BCUT2D eigenvalue weighted by atomic mass is 10.2. The monoisotopic (exact) mass is 342 g/mol. The first-order chi connectivity index (χ1) is 11.6. The van der Waals surface area contributed by atoms with Gasteiger partial charge in [-0.05, 0) is 25.1 Å². The van der Waals surface area contributed by atoms with E-state index >= 15 is 0 Å². The molecule has 0 aromatic carbocycles. The van der Waals surface area contributed by atoms with Crippen molar-refractivity contribution in [3.8, 4) is 5.82 Å². The minimum atomic E-state index is -0.260. The summed E-state index contributed by atoms with van der Waals surface area (Å²) in [6, 6.07) is 5.15. The number of aromatic nitrogens is 4. The van der Waals surface area contributed by atoms with Crippen LogP contribution in [0.2, 0.25) is 0 Å². The van der Waals surface area contributed by atoms with Crippen LogP contribution >= 0.6 is 11.3 Å². The molecule has 0 aliphatic heterocycles. The summed E-state index contributed by atoms with van der Waals surface area (Å²) in [5, 5.41) is 10.8. The van der Waals surface area contributed by atoms with Gasteiger partial charge in [0.05, 0.1) is 16.9 Å². The van der Waals surface area contributed by atoms with E-state index in [1.165, 1.54) is 4.88 Å². The Labute approximate surface area is 143 Å². The van der Waals surface area contributed by atoms with Crippen LogP contribution in [-0.2, 0) is 0 Å². The predicted molar refractivity (Wildman–Crippen MR) is 93.6 cm³/mol. The van der Waals surface area contributed by atoms with Gasteiger partial charge in [0.25, 0.3) is 0 Å². The Morgan fingerprint density at radius 2 is 2.21 bits per heavy atom. The molecule has 1 atom stereocenters. The first kappa shape index (κ1) is 16.1. The van der Waals surface area contributed by atoms with Gasteiger partial charge in [0.1, 0.15) is 0 Å². The molecule has 7 nitrogen and oxygen atoms in total. The van der Waals surface area contributed by atoms with Crippen LogP contribution < -0.4 is 10.6 Å². The number of carbonyl (C=O) groups is 1. The molecule has 2 amide bonds. The van der Waals surface area contributed by atoms with Gasteiger partial charge in [-0.1, -0.05) is 6.92 Å². The highest BCUT2D eigenvalue weighted by atomic mass is 32.1. The van der Waals surface area contributed by atoms with Gasteiger partial charge >= 0.3 is 6.03 Å². The third-order valence-corrected chi connectivity index (χ3v) is 4.52. The Balaban J connectivity index is 1.51. The van der Waals surface area contributed by atoms with E-state index in [0.29, 0.717) is 18.1 Å². The Bertz CT molecular complexity index is 796. The third kappa shape index (κ3) is 3.96. The van der Waals surface area contributed by atoms with E-state index in [4.69, 9.17) is 0 Å². The minimum absolute atomic E-state index is 0.176. The molecular formula is C16H18N6OS. The highest BCUT2D eigenvalue weighted by Gasteiger charge is 2.11. The van der Waals surface area contributed by atoms with Gasteiger partial charge in [0.15, 0.2) is 5.82 Å². The maximum atomic E-state index is 12.0. The van der Waals surface area contributed by atoms with Crippen molar-refractivity contribution in [1.29, 1.82) is 0 Å². The summed E-state index contributed by atoms with van der Waals surface area (Å²) in [4.78, 5) is 21.8.